The zero-order valence-corrected chi connectivity index (χ0v) is 15.5. The molecule has 28 heavy (non-hydrogen) atoms. The quantitative estimate of drug-likeness (QED) is 0.664. The van der Waals surface area contributed by atoms with Crippen LogP contribution in [0.25, 0.3) is 4.85 Å². The minimum atomic E-state index is -1.21. The van der Waals surface area contributed by atoms with Crippen molar-refractivity contribution < 1.29 is 9.59 Å². The number of amides is 2. The Labute approximate surface area is 163 Å². The summed E-state index contributed by atoms with van der Waals surface area (Å²) in [6.45, 7) is 11.3. The molecule has 2 aromatic carbocycles. The first-order chi connectivity index (χ1) is 13.4. The molecule has 0 bridgehead atoms. The van der Waals surface area contributed by atoms with E-state index in [1.807, 2.05) is 31.2 Å². The van der Waals surface area contributed by atoms with Crippen LogP contribution in [-0.4, -0.2) is 11.8 Å². The molecule has 1 aliphatic heterocycles. The minimum Gasteiger partial charge on any atom is -0.369 e. The molecule has 2 amide bonds. The summed E-state index contributed by atoms with van der Waals surface area (Å²) in [5, 5.41) is 9.00. The van der Waals surface area contributed by atoms with E-state index in [0.29, 0.717) is 22.5 Å². The van der Waals surface area contributed by atoms with Crippen molar-refractivity contribution in [2.24, 2.45) is 11.7 Å². The number of rotatable bonds is 3. The van der Waals surface area contributed by atoms with Crippen molar-refractivity contribution in [2.45, 2.75) is 19.8 Å². The topological polar surface area (TPSA) is 91.5 Å². The zero-order chi connectivity index (χ0) is 20.4. The smallest absolute Gasteiger partial charge is 0.242 e. The van der Waals surface area contributed by atoms with Gasteiger partial charge in [0, 0.05) is 17.3 Å². The SMILES string of the molecule is [C-]#[N+]C1=C(C)N(c2cccc(C)c2)C(=O)C(C(N)=O)C1c1ccc(C#N)cc1. The van der Waals surface area contributed by atoms with Crippen molar-refractivity contribution in [3.8, 4) is 6.07 Å². The molecule has 1 heterocycles. The van der Waals surface area contributed by atoms with Gasteiger partial charge in [-0.05, 0) is 49.2 Å². The Morgan fingerprint density at radius 1 is 1.21 bits per heavy atom. The number of benzene rings is 2. The largest absolute Gasteiger partial charge is 0.369 e. The Bertz CT molecular complexity index is 1070. The third-order valence-electron chi connectivity index (χ3n) is 4.91. The van der Waals surface area contributed by atoms with Gasteiger partial charge in [0.25, 0.3) is 0 Å². The number of nitriles is 1. The Kier molecular flexibility index (Phi) is 4.98. The highest BCUT2D eigenvalue weighted by atomic mass is 16.2. The first kappa shape index (κ1) is 18.9. The molecule has 2 N–H and O–H groups in total. The van der Waals surface area contributed by atoms with Crippen molar-refractivity contribution in [1.82, 2.24) is 0 Å². The van der Waals surface area contributed by atoms with Gasteiger partial charge in [-0.2, -0.15) is 5.26 Å². The van der Waals surface area contributed by atoms with Crippen LogP contribution < -0.4 is 10.6 Å². The molecule has 6 nitrogen and oxygen atoms in total. The highest BCUT2D eigenvalue weighted by molar-refractivity contribution is 6.11. The molecule has 0 aliphatic carbocycles. The van der Waals surface area contributed by atoms with Crippen LogP contribution in [0.4, 0.5) is 5.69 Å². The summed E-state index contributed by atoms with van der Waals surface area (Å²) < 4.78 is 0. The molecule has 2 atom stereocenters. The maximum absolute atomic E-state index is 13.3. The first-order valence-electron chi connectivity index (χ1n) is 8.67. The number of hydrogen-bond donors (Lipinski definition) is 1. The van der Waals surface area contributed by atoms with Gasteiger partial charge in [0.15, 0.2) is 5.70 Å². The van der Waals surface area contributed by atoms with Gasteiger partial charge in [-0.3, -0.25) is 14.5 Å². The zero-order valence-electron chi connectivity index (χ0n) is 15.5. The molecule has 0 spiro atoms. The lowest BCUT2D eigenvalue weighted by Crippen LogP contribution is -2.48. The third-order valence-corrected chi connectivity index (χ3v) is 4.91. The fourth-order valence-electron chi connectivity index (χ4n) is 3.58. The van der Waals surface area contributed by atoms with E-state index in [2.05, 4.69) is 4.85 Å². The Morgan fingerprint density at radius 2 is 1.89 bits per heavy atom. The highest BCUT2D eigenvalue weighted by Gasteiger charge is 2.45. The Hall–Kier alpha value is -3.90. The van der Waals surface area contributed by atoms with Gasteiger partial charge in [0.05, 0.1) is 18.2 Å². The molecule has 0 saturated heterocycles. The predicted molar refractivity (Wildman–Crippen MR) is 105 cm³/mol. The van der Waals surface area contributed by atoms with E-state index in [1.54, 1.807) is 37.3 Å². The van der Waals surface area contributed by atoms with Crippen molar-refractivity contribution in [2.75, 3.05) is 4.90 Å². The summed E-state index contributed by atoms with van der Waals surface area (Å²) >= 11 is 0. The maximum Gasteiger partial charge on any atom is 0.242 e. The molecular formula is C22H18N4O2. The van der Waals surface area contributed by atoms with Crippen LogP contribution in [0.1, 0.15) is 29.5 Å². The van der Waals surface area contributed by atoms with Gasteiger partial charge >= 0.3 is 0 Å². The second-order valence-electron chi connectivity index (χ2n) is 6.69. The molecule has 138 valence electrons. The molecule has 2 aromatic rings. The first-order valence-corrected chi connectivity index (χ1v) is 8.67. The normalized spacial score (nSPS) is 19.1. The second-order valence-corrected chi connectivity index (χ2v) is 6.69. The average Bonchev–Trinajstić information content (AvgIpc) is 2.67. The minimum absolute atomic E-state index is 0.287. The molecule has 3 rings (SSSR count). The molecule has 2 unspecified atom stereocenters. The lowest BCUT2D eigenvalue weighted by molar-refractivity contribution is -0.132. The van der Waals surface area contributed by atoms with E-state index in [-0.39, 0.29) is 5.70 Å². The van der Waals surface area contributed by atoms with E-state index in [1.165, 1.54) is 4.90 Å². The van der Waals surface area contributed by atoms with Gasteiger partial charge in [-0.1, -0.05) is 24.3 Å². The number of primary amides is 1. The summed E-state index contributed by atoms with van der Waals surface area (Å²) in [6.07, 6.45) is 0. The van der Waals surface area contributed by atoms with Crippen LogP contribution in [0.15, 0.2) is 59.9 Å². The number of anilines is 1. The summed E-state index contributed by atoms with van der Waals surface area (Å²) in [7, 11) is 0. The molecular weight excluding hydrogens is 352 g/mol. The molecule has 0 radical (unpaired) electrons. The number of carbonyl (C=O) groups is 2. The summed E-state index contributed by atoms with van der Waals surface area (Å²) in [5.74, 6) is -3.24. The molecule has 0 fully saturated rings. The molecule has 0 aromatic heterocycles. The number of carbonyl (C=O) groups excluding carboxylic acids is 2. The van der Waals surface area contributed by atoms with Crippen molar-refractivity contribution in [1.29, 1.82) is 5.26 Å². The average molecular weight is 370 g/mol. The summed E-state index contributed by atoms with van der Waals surface area (Å²) in [5.41, 5.74) is 8.96. The van der Waals surface area contributed by atoms with Crippen LogP contribution in [0.3, 0.4) is 0 Å². The van der Waals surface area contributed by atoms with E-state index < -0.39 is 23.7 Å². The summed E-state index contributed by atoms with van der Waals surface area (Å²) in [6, 6.07) is 15.8. The van der Waals surface area contributed by atoms with E-state index in [0.717, 1.165) is 5.56 Å². The molecule has 0 saturated carbocycles. The number of allylic oxidation sites excluding steroid dienone is 2. The Morgan fingerprint density at radius 3 is 2.43 bits per heavy atom. The fourth-order valence-corrected chi connectivity index (χ4v) is 3.58. The molecule has 6 heteroatoms. The molecule has 1 aliphatic rings. The van der Waals surface area contributed by atoms with E-state index >= 15 is 0 Å². The lowest BCUT2D eigenvalue weighted by atomic mass is 9.78. The maximum atomic E-state index is 13.3. The number of nitrogens with zero attached hydrogens (tertiary/aromatic N) is 3. The van der Waals surface area contributed by atoms with Gasteiger partial charge < -0.3 is 5.73 Å². The monoisotopic (exact) mass is 370 g/mol. The van der Waals surface area contributed by atoms with Crippen molar-refractivity contribution in [3.05, 3.63) is 88.0 Å². The van der Waals surface area contributed by atoms with Crippen molar-refractivity contribution >= 4 is 17.5 Å². The lowest BCUT2D eigenvalue weighted by Gasteiger charge is -2.37. The highest BCUT2D eigenvalue weighted by Crippen LogP contribution is 2.42. The number of nitrogens with two attached hydrogens (primary N) is 1. The Balaban J connectivity index is 2.22. The summed E-state index contributed by atoms with van der Waals surface area (Å²) in [4.78, 5) is 30.6. The standard InChI is InChI=1S/C22H18N4O2/c1-13-5-4-6-17(11-13)26-14(2)20(25-3)18(19(21(24)27)22(26)28)16-9-7-15(12-23)8-10-16/h4-11,18-19H,1-2H3,(H2,24,27). The van der Waals surface area contributed by atoms with Crippen LogP contribution in [0, 0.1) is 30.7 Å². The van der Waals surface area contributed by atoms with Crippen LogP contribution in [0.2, 0.25) is 0 Å². The van der Waals surface area contributed by atoms with E-state index in [4.69, 9.17) is 17.6 Å². The second kappa shape index (κ2) is 7.38. The van der Waals surface area contributed by atoms with Gasteiger partial charge in [-0.25, -0.2) is 4.85 Å². The fraction of sp³-hybridized carbons (Fsp3) is 0.182. The van der Waals surface area contributed by atoms with Gasteiger partial charge in [0.1, 0.15) is 5.92 Å². The van der Waals surface area contributed by atoms with Crippen molar-refractivity contribution in [3.63, 3.8) is 0 Å². The van der Waals surface area contributed by atoms with Crippen LogP contribution >= 0.6 is 0 Å². The van der Waals surface area contributed by atoms with Gasteiger partial charge in [-0.15, -0.1) is 0 Å². The van der Waals surface area contributed by atoms with Crippen LogP contribution in [-0.2, 0) is 9.59 Å². The predicted octanol–water partition coefficient (Wildman–Crippen LogP) is 3.25. The third kappa shape index (κ3) is 3.13. The number of hydrogen-bond acceptors (Lipinski definition) is 3. The van der Waals surface area contributed by atoms with Crippen LogP contribution in [0.5, 0.6) is 0 Å². The van der Waals surface area contributed by atoms with E-state index in [9.17, 15) is 9.59 Å². The van der Waals surface area contributed by atoms with Gasteiger partial charge in [0.2, 0.25) is 11.8 Å². The number of aryl methyl sites for hydroxylation is 1.